The van der Waals surface area contributed by atoms with Gasteiger partial charge in [-0.1, -0.05) is 12.2 Å². The van der Waals surface area contributed by atoms with Crippen LogP contribution in [0.3, 0.4) is 0 Å². The third-order valence-corrected chi connectivity index (χ3v) is 5.28. The van der Waals surface area contributed by atoms with Gasteiger partial charge in [0.2, 0.25) is 0 Å². The molecule has 0 saturated heterocycles. The van der Waals surface area contributed by atoms with Gasteiger partial charge in [-0.2, -0.15) is 0 Å². The third kappa shape index (κ3) is 2.95. The van der Waals surface area contributed by atoms with Crippen LogP contribution in [0.2, 0.25) is 0 Å². The molecule has 3 nitrogen and oxygen atoms in total. The predicted octanol–water partition coefficient (Wildman–Crippen LogP) is 4.02. The highest BCUT2D eigenvalue weighted by Gasteiger charge is 2.46. The monoisotopic (exact) mass is 306 g/mol. The van der Waals surface area contributed by atoms with Crippen molar-refractivity contribution in [2.75, 3.05) is 12.9 Å². The summed E-state index contributed by atoms with van der Waals surface area (Å²) in [7, 11) is 1.42. The summed E-state index contributed by atoms with van der Waals surface area (Å²) in [5.74, 6) is 1.12. The Kier molecular flexibility index (Phi) is 5.34. The van der Waals surface area contributed by atoms with Gasteiger partial charge < -0.3 is 9.15 Å². The van der Waals surface area contributed by atoms with Crippen molar-refractivity contribution < 1.29 is 13.9 Å². The van der Waals surface area contributed by atoms with Crippen LogP contribution in [-0.4, -0.2) is 18.8 Å². The molecule has 1 aliphatic rings. The molecule has 21 heavy (non-hydrogen) atoms. The molecule has 0 spiro atoms. The molecule has 1 aromatic rings. The lowest BCUT2D eigenvalue weighted by Gasteiger charge is -2.29. The zero-order chi connectivity index (χ0) is 15.3. The first-order chi connectivity index (χ1) is 10.2. The average Bonchev–Trinajstić information content (AvgIpc) is 2.95. The number of methoxy groups -OCH3 is 1. The summed E-state index contributed by atoms with van der Waals surface area (Å²) in [6.45, 7) is 7.55. The highest BCUT2D eigenvalue weighted by Crippen LogP contribution is 2.45. The molecule has 1 aromatic heterocycles. The first-order valence-corrected chi connectivity index (χ1v) is 8.22. The number of ether oxygens (including phenoxy) is 1. The van der Waals surface area contributed by atoms with Crippen LogP contribution in [0.5, 0.6) is 0 Å². The number of allylic oxidation sites excluding steroid dienone is 1. The van der Waals surface area contributed by atoms with Crippen LogP contribution >= 0.6 is 11.8 Å². The van der Waals surface area contributed by atoms with Crippen molar-refractivity contribution in [2.45, 2.75) is 36.9 Å². The second-order valence-corrected chi connectivity index (χ2v) is 6.51. The van der Waals surface area contributed by atoms with Crippen molar-refractivity contribution in [1.29, 1.82) is 0 Å². The number of esters is 1. The minimum absolute atomic E-state index is 0.281. The Bertz CT molecular complexity index is 532. The fourth-order valence-corrected chi connectivity index (χ4v) is 4.02. The number of thioether (sulfide) groups is 1. The van der Waals surface area contributed by atoms with E-state index in [1.54, 1.807) is 18.4 Å². The summed E-state index contributed by atoms with van der Waals surface area (Å²) in [6, 6.07) is 0. The number of aryl methyl sites for hydroxylation is 1. The molecule has 1 atom stereocenters. The standard InChI is InChI=1S/C17H22O3S/c1-4-10-17(16(18)19-3,21-11-5-2)15-14-9-7-6-8-13(14)12-20-15/h4-5,12H,1-2,6-11H2,3H3. The number of carbonyl (C=O) groups is 1. The Hall–Kier alpha value is -1.42. The maximum Gasteiger partial charge on any atom is 0.330 e. The van der Waals surface area contributed by atoms with Crippen molar-refractivity contribution >= 4 is 17.7 Å². The molecule has 0 radical (unpaired) electrons. The molecule has 0 saturated carbocycles. The van der Waals surface area contributed by atoms with Crippen molar-refractivity contribution in [2.24, 2.45) is 0 Å². The maximum absolute atomic E-state index is 12.5. The third-order valence-electron chi connectivity index (χ3n) is 3.86. The molecule has 0 bridgehead atoms. The first-order valence-electron chi connectivity index (χ1n) is 7.23. The molecule has 1 unspecified atom stereocenters. The first kappa shape index (κ1) is 16.0. The second kappa shape index (κ2) is 7.03. The quantitative estimate of drug-likeness (QED) is 0.563. The second-order valence-electron chi connectivity index (χ2n) is 5.19. The minimum Gasteiger partial charge on any atom is -0.468 e. The van der Waals surface area contributed by atoms with E-state index in [4.69, 9.17) is 9.15 Å². The Morgan fingerprint density at radius 2 is 2.19 bits per heavy atom. The van der Waals surface area contributed by atoms with E-state index >= 15 is 0 Å². The van der Waals surface area contributed by atoms with Crippen molar-refractivity contribution in [3.05, 3.63) is 48.5 Å². The van der Waals surface area contributed by atoms with Gasteiger partial charge in [-0.25, -0.2) is 0 Å². The topological polar surface area (TPSA) is 39.4 Å². The highest BCUT2D eigenvalue weighted by atomic mass is 32.2. The fraction of sp³-hybridized carbons (Fsp3) is 0.471. The Labute approximate surface area is 130 Å². The molecule has 0 amide bonds. The van der Waals surface area contributed by atoms with E-state index in [2.05, 4.69) is 13.2 Å². The van der Waals surface area contributed by atoms with E-state index < -0.39 is 4.75 Å². The zero-order valence-electron chi connectivity index (χ0n) is 12.5. The summed E-state index contributed by atoms with van der Waals surface area (Å²) >= 11 is 1.50. The van der Waals surface area contributed by atoms with Crippen LogP contribution in [0.4, 0.5) is 0 Å². The zero-order valence-corrected chi connectivity index (χ0v) is 13.3. The normalized spacial score (nSPS) is 16.6. The van der Waals surface area contributed by atoms with Crippen LogP contribution in [0.1, 0.15) is 36.1 Å². The van der Waals surface area contributed by atoms with Gasteiger partial charge in [-0.05, 0) is 43.2 Å². The van der Waals surface area contributed by atoms with Gasteiger partial charge in [-0.3, -0.25) is 4.79 Å². The van der Waals surface area contributed by atoms with E-state index in [0.717, 1.165) is 25.0 Å². The fourth-order valence-electron chi connectivity index (χ4n) is 2.88. The summed E-state index contributed by atoms with van der Waals surface area (Å²) in [4.78, 5) is 12.5. The largest absolute Gasteiger partial charge is 0.468 e. The van der Waals surface area contributed by atoms with Gasteiger partial charge in [0.1, 0.15) is 5.76 Å². The molecular weight excluding hydrogens is 284 g/mol. The van der Waals surface area contributed by atoms with Gasteiger partial charge in [0.05, 0.1) is 13.4 Å². The van der Waals surface area contributed by atoms with Gasteiger partial charge in [0.25, 0.3) is 0 Å². The molecule has 0 N–H and O–H groups in total. The lowest BCUT2D eigenvalue weighted by Crippen LogP contribution is -2.34. The molecule has 2 rings (SSSR count). The van der Waals surface area contributed by atoms with Crippen LogP contribution < -0.4 is 0 Å². The van der Waals surface area contributed by atoms with Gasteiger partial charge in [0, 0.05) is 5.75 Å². The van der Waals surface area contributed by atoms with Gasteiger partial charge in [0.15, 0.2) is 4.75 Å². The Morgan fingerprint density at radius 3 is 2.86 bits per heavy atom. The molecule has 4 heteroatoms. The number of rotatable bonds is 7. The van der Waals surface area contributed by atoms with Crippen LogP contribution in [-0.2, 0) is 27.1 Å². The van der Waals surface area contributed by atoms with E-state index in [0.29, 0.717) is 12.2 Å². The van der Waals surface area contributed by atoms with Crippen LogP contribution in [0.25, 0.3) is 0 Å². The van der Waals surface area contributed by atoms with Crippen molar-refractivity contribution in [1.82, 2.24) is 0 Å². The van der Waals surface area contributed by atoms with Crippen LogP contribution in [0.15, 0.2) is 36.0 Å². The number of carbonyl (C=O) groups excluding carboxylic acids is 1. The number of hydrogen-bond donors (Lipinski definition) is 0. The van der Waals surface area contributed by atoms with E-state index in [-0.39, 0.29) is 5.97 Å². The smallest absolute Gasteiger partial charge is 0.330 e. The van der Waals surface area contributed by atoms with Gasteiger partial charge >= 0.3 is 5.97 Å². The Morgan fingerprint density at radius 1 is 1.43 bits per heavy atom. The van der Waals surface area contributed by atoms with E-state index in [9.17, 15) is 4.79 Å². The molecule has 0 aliphatic heterocycles. The SMILES string of the molecule is C=CCSC(CC=C)(C(=O)OC)c1occ2c1CCCC2. The van der Waals surface area contributed by atoms with Crippen LogP contribution in [0, 0.1) is 0 Å². The predicted molar refractivity (Wildman–Crippen MR) is 86.5 cm³/mol. The molecular formula is C17H22O3S. The molecule has 1 heterocycles. The number of hydrogen-bond acceptors (Lipinski definition) is 4. The van der Waals surface area contributed by atoms with Crippen molar-refractivity contribution in [3.63, 3.8) is 0 Å². The number of furan rings is 1. The minimum atomic E-state index is -0.852. The lowest BCUT2D eigenvalue weighted by atomic mass is 9.88. The van der Waals surface area contributed by atoms with Crippen molar-refractivity contribution in [3.8, 4) is 0 Å². The molecule has 0 aromatic carbocycles. The highest BCUT2D eigenvalue weighted by molar-refractivity contribution is 8.01. The summed E-state index contributed by atoms with van der Waals surface area (Å²) in [6.07, 6.45) is 10.1. The molecule has 114 valence electrons. The number of fused-ring (bicyclic) bond motifs is 1. The van der Waals surface area contributed by atoms with E-state index in [1.807, 2.05) is 0 Å². The Balaban J connectivity index is 2.51. The summed E-state index contributed by atoms with van der Waals surface area (Å²) < 4.78 is 10.1. The maximum atomic E-state index is 12.5. The molecule has 1 aliphatic carbocycles. The molecule has 0 fully saturated rings. The van der Waals surface area contributed by atoms with E-state index in [1.165, 1.54) is 36.4 Å². The average molecular weight is 306 g/mol. The summed E-state index contributed by atoms with van der Waals surface area (Å²) in [5, 5.41) is 0. The van der Waals surface area contributed by atoms with Gasteiger partial charge in [-0.15, -0.1) is 24.9 Å². The summed E-state index contributed by atoms with van der Waals surface area (Å²) in [5.41, 5.74) is 2.41. The lowest BCUT2D eigenvalue weighted by molar-refractivity contribution is -0.144.